The molecule has 3 aromatic rings. The van der Waals surface area contributed by atoms with Gasteiger partial charge in [-0.1, -0.05) is 23.7 Å². The minimum atomic E-state index is 0.206. The molecule has 1 aromatic carbocycles. The van der Waals surface area contributed by atoms with Crippen LogP contribution in [0.25, 0.3) is 11.3 Å². The first-order chi connectivity index (χ1) is 9.72. The number of oxazole rings is 1. The Morgan fingerprint density at radius 3 is 2.90 bits per heavy atom. The smallest absolute Gasteiger partial charge is 0.181 e. The summed E-state index contributed by atoms with van der Waals surface area (Å²) in [5.41, 5.74) is 2.04. The van der Waals surface area contributed by atoms with Gasteiger partial charge in [-0.3, -0.25) is 0 Å². The van der Waals surface area contributed by atoms with Crippen molar-refractivity contribution in [2.24, 2.45) is 0 Å². The van der Waals surface area contributed by atoms with Gasteiger partial charge in [0.05, 0.1) is 16.6 Å². The average Bonchev–Trinajstić information content (AvgIpc) is 3.10. The van der Waals surface area contributed by atoms with Crippen LogP contribution in [0.3, 0.4) is 0 Å². The standard InChI is InChI=1S/C15H13ClN2OS/c1-10(14-5-6-15(16)20-14)18-12-4-2-3-11(7-12)13-8-17-9-19-13/h2-10,18H,1H3. The quantitative estimate of drug-likeness (QED) is 0.717. The third-order valence-electron chi connectivity index (χ3n) is 2.98. The topological polar surface area (TPSA) is 38.1 Å². The van der Waals surface area contributed by atoms with Gasteiger partial charge in [-0.05, 0) is 31.2 Å². The molecule has 3 rings (SSSR count). The molecule has 0 aliphatic heterocycles. The van der Waals surface area contributed by atoms with Gasteiger partial charge in [0.15, 0.2) is 12.2 Å². The van der Waals surface area contributed by atoms with Crippen molar-refractivity contribution in [2.45, 2.75) is 13.0 Å². The Balaban J connectivity index is 1.79. The molecule has 3 nitrogen and oxygen atoms in total. The Morgan fingerprint density at radius 2 is 2.20 bits per heavy atom. The van der Waals surface area contributed by atoms with E-state index in [0.29, 0.717) is 0 Å². The lowest BCUT2D eigenvalue weighted by molar-refractivity contribution is 0.572. The van der Waals surface area contributed by atoms with E-state index >= 15 is 0 Å². The summed E-state index contributed by atoms with van der Waals surface area (Å²) >= 11 is 7.56. The van der Waals surface area contributed by atoms with Crippen LogP contribution in [0.15, 0.2) is 53.4 Å². The predicted octanol–water partition coefficient (Wildman–Crippen LogP) is 5.23. The lowest BCUT2D eigenvalue weighted by Crippen LogP contribution is -2.04. The van der Waals surface area contributed by atoms with Crippen LogP contribution < -0.4 is 5.32 Å². The highest BCUT2D eigenvalue weighted by atomic mass is 35.5. The number of nitrogens with one attached hydrogen (secondary N) is 1. The molecule has 0 radical (unpaired) electrons. The third kappa shape index (κ3) is 2.86. The van der Waals surface area contributed by atoms with E-state index in [1.54, 1.807) is 17.5 Å². The Bertz CT molecular complexity index is 693. The van der Waals surface area contributed by atoms with E-state index in [1.165, 1.54) is 11.3 Å². The van der Waals surface area contributed by atoms with Crippen LogP contribution >= 0.6 is 22.9 Å². The minimum absolute atomic E-state index is 0.206. The molecule has 0 spiro atoms. The number of anilines is 1. The number of halogens is 1. The Labute approximate surface area is 126 Å². The number of hydrogen-bond donors (Lipinski definition) is 1. The average molecular weight is 305 g/mol. The molecule has 1 N–H and O–H groups in total. The molecule has 0 bridgehead atoms. The summed E-state index contributed by atoms with van der Waals surface area (Å²) in [4.78, 5) is 5.15. The van der Waals surface area contributed by atoms with Crippen LogP contribution in [0.2, 0.25) is 4.34 Å². The molecule has 102 valence electrons. The maximum atomic E-state index is 5.97. The van der Waals surface area contributed by atoms with Crippen LogP contribution in [0.1, 0.15) is 17.8 Å². The summed E-state index contributed by atoms with van der Waals surface area (Å²) in [7, 11) is 0. The zero-order chi connectivity index (χ0) is 13.9. The fraction of sp³-hybridized carbons (Fsp3) is 0.133. The summed E-state index contributed by atoms with van der Waals surface area (Å²) in [6.07, 6.45) is 3.15. The SMILES string of the molecule is CC(Nc1cccc(-c2cnco2)c1)c1ccc(Cl)s1. The monoisotopic (exact) mass is 304 g/mol. The Kier molecular flexibility index (Phi) is 3.76. The lowest BCUT2D eigenvalue weighted by atomic mass is 10.1. The van der Waals surface area contributed by atoms with Crippen LogP contribution in [-0.4, -0.2) is 4.98 Å². The highest BCUT2D eigenvalue weighted by Gasteiger charge is 2.09. The number of hydrogen-bond acceptors (Lipinski definition) is 4. The van der Waals surface area contributed by atoms with Crippen molar-refractivity contribution in [3.63, 3.8) is 0 Å². The van der Waals surface area contributed by atoms with Gasteiger partial charge in [-0.25, -0.2) is 4.98 Å². The molecule has 0 saturated carbocycles. The van der Waals surface area contributed by atoms with Crippen molar-refractivity contribution in [3.05, 3.63) is 58.2 Å². The highest BCUT2D eigenvalue weighted by molar-refractivity contribution is 7.16. The van der Waals surface area contributed by atoms with Gasteiger partial charge >= 0.3 is 0 Å². The summed E-state index contributed by atoms with van der Waals surface area (Å²) in [5.74, 6) is 0.764. The fourth-order valence-corrected chi connectivity index (χ4v) is 3.07. The van der Waals surface area contributed by atoms with Crippen LogP contribution in [0.4, 0.5) is 5.69 Å². The first kappa shape index (κ1) is 13.2. The molecule has 5 heteroatoms. The van der Waals surface area contributed by atoms with Crippen LogP contribution in [-0.2, 0) is 0 Å². The molecule has 0 aliphatic carbocycles. The molecule has 1 atom stereocenters. The van der Waals surface area contributed by atoms with E-state index in [2.05, 4.69) is 17.2 Å². The van der Waals surface area contributed by atoms with Crippen molar-refractivity contribution >= 4 is 28.6 Å². The number of nitrogens with zero attached hydrogens (tertiary/aromatic N) is 1. The van der Waals surface area contributed by atoms with Gasteiger partial charge in [-0.2, -0.15) is 0 Å². The molecule has 0 amide bonds. The van der Waals surface area contributed by atoms with Crippen molar-refractivity contribution in [2.75, 3.05) is 5.32 Å². The van der Waals surface area contributed by atoms with E-state index in [1.807, 2.05) is 36.4 Å². The molecule has 20 heavy (non-hydrogen) atoms. The molecule has 1 unspecified atom stereocenters. The molecule has 0 saturated heterocycles. The number of aromatic nitrogens is 1. The zero-order valence-corrected chi connectivity index (χ0v) is 12.4. The Morgan fingerprint density at radius 1 is 1.30 bits per heavy atom. The predicted molar refractivity (Wildman–Crippen MR) is 83.3 cm³/mol. The number of benzene rings is 1. The number of rotatable bonds is 4. The van der Waals surface area contributed by atoms with Gasteiger partial charge in [0.1, 0.15) is 0 Å². The molecule has 0 fully saturated rings. The van der Waals surface area contributed by atoms with Crippen molar-refractivity contribution in [1.29, 1.82) is 0 Å². The maximum absolute atomic E-state index is 5.97. The van der Waals surface area contributed by atoms with Gasteiger partial charge < -0.3 is 9.73 Å². The fourth-order valence-electron chi connectivity index (χ4n) is 2.00. The van der Waals surface area contributed by atoms with Gasteiger partial charge in [0.2, 0.25) is 0 Å². The largest absolute Gasteiger partial charge is 0.444 e. The van der Waals surface area contributed by atoms with E-state index in [4.69, 9.17) is 16.0 Å². The summed E-state index contributed by atoms with van der Waals surface area (Å²) < 4.78 is 6.12. The Hall–Kier alpha value is -1.78. The van der Waals surface area contributed by atoms with Crippen molar-refractivity contribution < 1.29 is 4.42 Å². The summed E-state index contributed by atoms with van der Waals surface area (Å²) in [6.45, 7) is 2.11. The van der Waals surface area contributed by atoms with Gasteiger partial charge in [0, 0.05) is 16.1 Å². The zero-order valence-electron chi connectivity index (χ0n) is 10.8. The van der Waals surface area contributed by atoms with Crippen LogP contribution in [0, 0.1) is 0 Å². The first-order valence-electron chi connectivity index (χ1n) is 6.23. The van der Waals surface area contributed by atoms with E-state index in [-0.39, 0.29) is 6.04 Å². The number of thiophene rings is 1. The maximum Gasteiger partial charge on any atom is 0.181 e. The van der Waals surface area contributed by atoms with Gasteiger partial charge in [0.25, 0.3) is 0 Å². The van der Waals surface area contributed by atoms with Gasteiger partial charge in [-0.15, -0.1) is 11.3 Å². The van der Waals surface area contributed by atoms with Crippen LogP contribution in [0.5, 0.6) is 0 Å². The normalized spacial score (nSPS) is 12.3. The van der Waals surface area contributed by atoms with Crippen molar-refractivity contribution in [1.82, 2.24) is 4.98 Å². The molecular formula is C15H13ClN2OS. The molecule has 2 heterocycles. The second-order valence-corrected chi connectivity index (χ2v) is 6.20. The highest BCUT2D eigenvalue weighted by Crippen LogP contribution is 2.30. The lowest BCUT2D eigenvalue weighted by Gasteiger charge is -2.14. The molecular weight excluding hydrogens is 292 g/mol. The second kappa shape index (κ2) is 5.69. The minimum Gasteiger partial charge on any atom is -0.444 e. The molecule has 0 aliphatic rings. The van der Waals surface area contributed by atoms with E-state index in [9.17, 15) is 0 Å². The summed E-state index contributed by atoms with van der Waals surface area (Å²) in [5, 5.41) is 3.46. The first-order valence-corrected chi connectivity index (χ1v) is 7.42. The van der Waals surface area contributed by atoms with E-state index in [0.717, 1.165) is 21.3 Å². The molecule has 2 aromatic heterocycles. The second-order valence-electron chi connectivity index (χ2n) is 4.45. The summed E-state index contributed by atoms with van der Waals surface area (Å²) in [6, 6.07) is 12.2. The van der Waals surface area contributed by atoms with E-state index < -0.39 is 0 Å². The third-order valence-corrected chi connectivity index (χ3v) is 4.40. The van der Waals surface area contributed by atoms with Crippen molar-refractivity contribution in [3.8, 4) is 11.3 Å².